The van der Waals surface area contributed by atoms with Crippen LogP contribution in [0.2, 0.25) is 0 Å². The number of aromatic nitrogens is 6. The van der Waals surface area contributed by atoms with Crippen molar-refractivity contribution in [2.45, 2.75) is 6.61 Å². The summed E-state index contributed by atoms with van der Waals surface area (Å²) in [7, 11) is 1.63. The zero-order valence-corrected chi connectivity index (χ0v) is 17.6. The van der Waals surface area contributed by atoms with Crippen molar-refractivity contribution in [3.63, 3.8) is 0 Å². The van der Waals surface area contributed by atoms with E-state index in [2.05, 4.69) is 20.2 Å². The summed E-state index contributed by atoms with van der Waals surface area (Å²) in [6.45, 7) is 0.287. The number of hydrogen-bond acceptors (Lipinski definition) is 7. The highest BCUT2D eigenvalue weighted by Crippen LogP contribution is 2.25. The first-order chi connectivity index (χ1) is 16.3. The van der Waals surface area contributed by atoms with Gasteiger partial charge in [0.2, 0.25) is 5.82 Å². The van der Waals surface area contributed by atoms with E-state index in [4.69, 9.17) is 13.9 Å². The highest BCUT2D eigenvalue weighted by molar-refractivity contribution is 5.89. The fourth-order valence-electron chi connectivity index (χ4n) is 3.59. The first-order valence-corrected chi connectivity index (χ1v) is 10.3. The average molecular weight is 438 g/mol. The molecule has 4 aromatic heterocycles. The summed E-state index contributed by atoms with van der Waals surface area (Å²) in [5.74, 6) is 3.19. The van der Waals surface area contributed by atoms with Crippen LogP contribution in [0.1, 0.15) is 5.76 Å². The molecule has 9 nitrogen and oxygen atoms in total. The molecule has 0 saturated carbocycles. The third-order valence-corrected chi connectivity index (χ3v) is 5.23. The van der Waals surface area contributed by atoms with E-state index >= 15 is 0 Å². The zero-order chi connectivity index (χ0) is 22.2. The van der Waals surface area contributed by atoms with Crippen LogP contribution in [0, 0.1) is 0 Å². The average Bonchev–Trinajstić information content (AvgIpc) is 3.61. The number of methoxy groups -OCH3 is 1. The van der Waals surface area contributed by atoms with Crippen molar-refractivity contribution < 1.29 is 13.9 Å². The van der Waals surface area contributed by atoms with Crippen LogP contribution in [0.15, 0.2) is 83.7 Å². The molecule has 9 heteroatoms. The molecule has 0 saturated heterocycles. The number of furan rings is 1. The third-order valence-electron chi connectivity index (χ3n) is 5.23. The number of para-hydroxylation sites is 1. The molecule has 6 aromatic rings. The minimum atomic E-state index is 0.287. The normalized spacial score (nSPS) is 11.3. The van der Waals surface area contributed by atoms with Crippen molar-refractivity contribution >= 4 is 16.7 Å². The predicted molar refractivity (Wildman–Crippen MR) is 120 cm³/mol. The molecule has 4 heterocycles. The van der Waals surface area contributed by atoms with Gasteiger partial charge < -0.3 is 13.9 Å². The molecule has 0 bridgehead atoms. The van der Waals surface area contributed by atoms with Crippen molar-refractivity contribution in [2.75, 3.05) is 7.11 Å². The number of fused-ring (bicyclic) bond motifs is 3. The Balaban J connectivity index is 1.27. The third kappa shape index (κ3) is 3.45. The van der Waals surface area contributed by atoms with Gasteiger partial charge >= 0.3 is 0 Å². The quantitative estimate of drug-likeness (QED) is 0.383. The largest absolute Gasteiger partial charge is 0.497 e. The molecule has 0 unspecified atom stereocenters. The van der Waals surface area contributed by atoms with E-state index in [-0.39, 0.29) is 6.61 Å². The topological polar surface area (TPSA) is 92.5 Å². The van der Waals surface area contributed by atoms with Crippen LogP contribution >= 0.6 is 0 Å². The first-order valence-electron chi connectivity index (χ1n) is 10.3. The van der Waals surface area contributed by atoms with Gasteiger partial charge in [0.05, 0.1) is 24.4 Å². The smallest absolute Gasteiger partial charge is 0.217 e. The second-order valence-electron chi connectivity index (χ2n) is 7.31. The van der Waals surface area contributed by atoms with Crippen LogP contribution in [-0.4, -0.2) is 36.5 Å². The Bertz CT molecular complexity index is 1550. The Morgan fingerprint density at radius 1 is 0.909 bits per heavy atom. The first kappa shape index (κ1) is 19.1. The summed E-state index contributed by atoms with van der Waals surface area (Å²) in [5.41, 5.74) is 2.29. The van der Waals surface area contributed by atoms with Crippen molar-refractivity contribution in [3.8, 4) is 28.8 Å². The van der Waals surface area contributed by atoms with Gasteiger partial charge in [-0.1, -0.05) is 18.2 Å². The Kier molecular flexibility index (Phi) is 4.50. The molecule has 0 N–H and O–H groups in total. The van der Waals surface area contributed by atoms with Crippen molar-refractivity contribution in [3.05, 3.63) is 85.0 Å². The van der Waals surface area contributed by atoms with Gasteiger partial charge in [0.25, 0.3) is 0 Å². The molecule has 2 aromatic carbocycles. The molecular formula is C24H18N6O3. The molecular weight excluding hydrogens is 420 g/mol. The predicted octanol–water partition coefficient (Wildman–Crippen LogP) is 4.31. The number of nitrogens with zero attached hydrogens (tertiary/aromatic N) is 6. The molecule has 6 rings (SSSR count). The van der Waals surface area contributed by atoms with Crippen molar-refractivity contribution in [2.24, 2.45) is 0 Å². The minimum Gasteiger partial charge on any atom is -0.497 e. The lowest BCUT2D eigenvalue weighted by Gasteiger charge is -2.05. The van der Waals surface area contributed by atoms with E-state index in [9.17, 15) is 0 Å². The van der Waals surface area contributed by atoms with Crippen LogP contribution in [0.4, 0.5) is 0 Å². The number of hydrogen-bond donors (Lipinski definition) is 0. The number of ether oxygens (including phenoxy) is 2. The van der Waals surface area contributed by atoms with Gasteiger partial charge in [0, 0.05) is 0 Å². The van der Waals surface area contributed by atoms with E-state index in [0.717, 1.165) is 22.6 Å². The molecule has 0 aliphatic rings. The Hall–Kier alpha value is -4.66. The van der Waals surface area contributed by atoms with Crippen molar-refractivity contribution in [1.82, 2.24) is 29.4 Å². The lowest BCUT2D eigenvalue weighted by atomic mass is 10.3. The molecule has 0 radical (unpaired) electrons. The summed E-state index contributed by atoms with van der Waals surface area (Å²) < 4.78 is 20.3. The maximum atomic E-state index is 5.92. The molecule has 0 amide bonds. The molecule has 0 aliphatic heterocycles. The summed E-state index contributed by atoms with van der Waals surface area (Å²) in [5, 5.41) is 9.82. The van der Waals surface area contributed by atoms with E-state index in [1.807, 2.05) is 66.7 Å². The van der Waals surface area contributed by atoms with Crippen molar-refractivity contribution in [1.29, 1.82) is 0 Å². The fourth-order valence-corrected chi connectivity index (χ4v) is 3.59. The summed E-state index contributed by atoms with van der Waals surface area (Å²) in [4.78, 5) is 9.21. The Morgan fingerprint density at radius 2 is 1.73 bits per heavy atom. The molecule has 162 valence electrons. The van der Waals surface area contributed by atoms with Gasteiger partial charge in [-0.25, -0.2) is 19.2 Å². The van der Waals surface area contributed by atoms with Crippen LogP contribution in [0.25, 0.3) is 34.0 Å². The molecule has 33 heavy (non-hydrogen) atoms. The van der Waals surface area contributed by atoms with E-state index < -0.39 is 0 Å². The summed E-state index contributed by atoms with van der Waals surface area (Å²) >= 11 is 0. The highest BCUT2D eigenvalue weighted by atomic mass is 16.5. The number of benzene rings is 2. The van der Waals surface area contributed by atoms with Gasteiger partial charge in [-0.05, 0) is 48.5 Å². The van der Waals surface area contributed by atoms with Gasteiger partial charge in [0.15, 0.2) is 17.1 Å². The minimum absolute atomic E-state index is 0.287. The maximum Gasteiger partial charge on any atom is 0.217 e. The molecule has 0 spiro atoms. The van der Waals surface area contributed by atoms with Crippen LogP contribution in [-0.2, 0) is 6.61 Å². The summed E-state index contributed by atoms with van der Waals surface area (Å²) in [6, 6.07) is 20.9. The van der Waals surface area contributed by atoms with E-state index in [0.29, 0.717) is 28.6 Å². The van der Waals surface area contributed by atoms with E-state index in [1.54, 1.807) is 28.8 Å². The summed E-state index contributed by atoms with van der Waals surface area (Å²) in [6.07, 6.45) is 3.38. The van der Waals surface area contributed by atoms with Gasteiger partial charge in [-0.2, -0.15) is 5.10 Å². The molecule has 0 fully saturated rings. The Morgan fingerprint density at radius 3 is 2.55 bits per heavy atom. The van der Waals surface area contributed by atoms with Crippen LogP contribution < -0.4 is 9.47 Å². The molecule has 0 aliphatic carbocycles. The second kappa shape index (κ2) is 7.79. The molecule has 0 atom stereocenters. The zero-order valence-electron chi connectivity index (χ0n) is 17.6. The lowest BCUT2D eigenvalue weighted by molar-refractivity contribution is 0.271. The monoisotopic (exact) mass is 438 g/mol. The van der Waals surface area contributed by atoms with Gasteiger partial charge in [0.1, 0.15) is 30.2 Å². The van der Waals surface area contributed by atoms with Gasteiger partial charge in [-0.15, -0.1) is 5.10 Å². The standard InChI is InChI=1S/C24H18N6O3/c1-31-17-7-9-18(10-8-17)32-14-19-11-12-21(33-19)22-27-24-20-13-26-30(16-5-3-2-4-6-16)23(20)25-15-29(24)28-22/h2-13,15H,14H2,1H3. The lowest BCUT2D eigenvalue weighted by Crippen LogP contribution is -1.98. The van der Waals surface area contributed by atoms with Gasteiger partial charge in [-0.3, -0.25) is 0 Å². The SMILES string of the molecule is COc1ccc(OCc2ccc(-c3nc4c5cnn(-c6ccccc6)c5ncn4n3)o2)cc1. The Labute approximate surface area is 187 Å². The second-order valence-corrected chi connectivity index (χ2v) is 7.31. The van der Waals surface area contributed by atoms with Crippen LogP contribution in [0.3, 0.4) is 0 Å². The maximum absolute atomic E-state index is 5.92. The highest BCUT2D eigenvalue weighted by Gasteiger charge is 2.16. The number of rotatable bonds is 6. The van der Waals surface area contributed by atoms with E-state index in [1.165, 1.54) is 0 Å². The van der Waals surface area contributed by atoms with Crippen LogP contribution in [0.5, 0.6) is 11.5 Å². The fraction of sp³-hybridized carbons (Fsp3) is 0.0833.